The Kier molecular flexibility index (Phi) is 5.93. The second kappa shape index (κ2) is 8.38. The lowest BCUT2D eigenvalue weighted by molar-refractivity contribution is -0.129. The Bertz CT molecular complexity index is 888. The minimum Gasteiger partial charge on any atom is -0.503 e. The molecular weight excluding hydrogens is 357 g/mol. The quantitative estimate of drug-likeness (QED) is 0.774. The number of carbonyl (C=O) groups is 2. The van der Waals surface area contributed by atoms with Crippen molar-refractivity contribution in [3.63, 3.8) is 0 Å². The molecule has 0 aromatic heterocycles. The van der Waals surface area contributed by atoms with Crippen molar-refractivity contribution in [2.24, 2.45) is 5.92 Å². The molecule has 1 amide bonds. The van der Waals surface area contributed by atoms with Crippen molar-refractivity contribution in [2.75, 3.05) is 6.54 Å². The summed E-state index contributed by atoms with van der Waals surface area (Å²) in [6.45, 7) is 4.16. The summed E-state index contributed by atoms with van der Waals surface area (Å²) in [6, 6.07) is 14.7. The number of amides is 1. The second-order valence-electron chi connectivity index (χ2n) is 7.47. The van der Waals surface area contributed by atoms with Crippen LogP contribution in [0.3, 0.4) is 0 Å². The molecule has 1 unspecified atom stereocenters. The fourth-order valence-corrected chi connectivity index (χ4v) is 3.54. The van der Waals surface area contributed by atoms with Crippen LogP contribution in [0, 0.1) is 11.7 Å². The van der Waals surface area contributed by atoms with E-state index in [1.807, 2.05) is 44.2 Å². The van der Waals surface area contributed by atoms with Crippen molar-refractivity contribution < 1.29 is 19.1 Å². The molecule has 4 nitrogen and oxygen atoms in total. The molecule has 0 spiro atoms. The first-order valence-corrected chi connectivity index (χ1v) is 9.45. The van der Waals surface area contributed by atoms with E-state index in [4.69, 9.17) is 0 Å². The molecule has 0 saturated heterocycles. The first-order chi connectivity index (χ1) is 13.4. The van der Waals surface area contributed by atoms with E-state index in [0.29, 0.717) is 18.5 Å². The van der Waals surface area contributed by atoms with Crippen LogP contribution in [-0.4, -0.2) is 28.2 Å². The highest BCUT2D eigenvalue weighted by atomic mass is 19.1. The standard InChI is InChI=1S/C23H24FNO3/c1-15(2)14-19(26)20-21(17-8-10-18(24)11-9-17)25(23(28)22(20)27)13-12-16-6-4-3-5-7-16/h3-11,15,21,27H,12-14H2,1-2H3. The molecule has 0 bridgehead atoms. The van der Waals surface area contributed by atoms with E-state index in [9.17, 15) is 19.1 Å². The lowest BCUT2D eigenvalue weighted by Crippen LogP contribution is -2.33. The van der Waals surface area contributed by atoms with Crippen LogP contribution in [-0.2, 0) is 16.0 Å². The van der Waals surface area contributed by atoms with Gasteiger partial charge in [0, 0.05) is 13.0 Å². The molecule has 3 rings (SSSR count). The van der Waals surface area contributed by atoms with Gasteiger partial charge in [0.05, 0.1) is 11.6 Å². The molecule has 2 aromatic rings. The Labute approximate surface area is 164 Å². The van der Waals surface area contributed by atoms with E-state index in [0.717, 1.165) is 5.56 Å². The topological polar surface area (TPSA) is 57.6 Å². The number of halogens is 1. The van der Waals surface area contributed by atoms with E-state index in [1.54, 1.807) is 12.1 Å². The zero-order valence-electron chi connectivity index (χ0n) is 16.1. The third kappa shape index (κ3) is 4.14. The highest BCUT2D eigenvalue weighted by Gasteiger charge is 2.43. The maximum Gasteiger partial charge on any atom is 0.290 e. The number of aliphatic hydroxyl groups is 1. The molecular formula is C23H24FNO3. The number of nitrogens with zero attached hydrogens (tertiary/aromatic N) is 1. The normalized spacial score (nSPS) is 16.9. The minimum absolute atomic E-state index is 0.0927. The van der Waals surface area contributed by atoms with Crippen LogP contribution in [0.25, 0.3) is 0 Å². The molecule has 146 valence electrons. The van der Waals surface area contributed by atoms with Gasteiger partial charge in [0.15, 0.2) is 11.5 Å². The zero-order valence-corrected chi connectivity index (χ0v) is 16.1. The van der Waals surface area contributed by atoms with Gasteiger partial charge in [0.2, 0.25) is 0 Å². The van der Waals surface area contributed by atoms with Crippen LogP contribution >= 0.6 is 0 Å². The van der Waals surface area contributed by atoms with Gasteiger partial charge in [0.25, 0.3) is 5.91 Å². The average Bonchev–Trinajstić information content (AvgIpc) is 2.92. The molecule has 0 fully saturated rings. The molecule has 5 heteroatoms. The Morgan fingerprint density at radius 2 is 1.75 bits per heavy atom. The highest BCUT2D eigenvalue weighted by molar-refractivity contribution is 6.09. The number of hydrogen-bond donors (Lipinski definition) is 1. The predicted octanol–water partition coefficient (Wildman–Crippen LogP) is 4.38. The minimum atomic E-state index is -0.705. The summed E-state index contributed by atoms with van der Waals surface area (Å²) in [6.07, 6.45) is 0.820. The van der Waals surface area contributed by atoms with Crippen LogP contribution < -0.4 is 0 Å². The molecule has 1 aliphatic rings. The third-order valence-corrected chi connectivity index (χ3v) is 4.87. The summed E-state index contributed by atoms with van der Waals surface area (Å²) in [4.78, 5) is 27.1. The average molecular weight is 381 g/mol. The van der Waals surface area contributed by atoms with Gasteiger partial charge >= 0.3 is 0 Å². The fraction of sp³-hybridized carbons (Fsp3) is 0.304. The number of carbonyl (C=O) groups excluding carboxylic acids is 2. The van der Waals surface area contributed by atoms with Crippen molar-refractivity contribution in [1.82, 2.24) is 4.90 Å². The summed E-state index contributed by atoms with van der Waals surface area (Å²) in [7, 11) is 0. The Morgan fingerprint density at radius 3 is 2.36 bits per heavy atom. The zero-order chi connectivity index (χ0) is 20.3. The highest BCUT2D eigenvalue weighted by Crippen LogP contribution is 2.38. The van der Waals surface area contributed by atoms with Crippen molar-refractivity contribution in [2.45, 2.75) is 32.7 Å². The molecule has 2 aromatic carbocycles. The first-order valence-electron chi connectivity index (χ1n) is 9.45. The van der Waals surface area contributed by atoms with Crippen LogP contribution in [0.2, 0.25) is 0 Å². The maximum absolute atomic E-state index is 13.4. The number of Topliss-reactive ketones (excluding diaryl/α,β-unsaturated/α-hetero) is 1. The summed E-state index contributed by atoms with van der Waals surface area (Å²) in [5.41, 5.74) is 1.77. The molecule has 1 aliphatic heterocycles. The van der Waals surface area contributed by atoms with Gasteiger partial charge in [-0.25, -0.2) is 4.39 Å². The number of hydrogen-bond acceptors (Lipinski definition) is 3. The van der Waals surface area contributed by atoms with E-state index >= 15 is 0 Å². The number of ketones is 1. The monoisotopic (exact) mass is 381 g/mol. The van der Waals surface area contributed by atoms with Gasteiger partial charge in [0.1, 0.15) is 5.82 Å². The Morgan fingerprint density at radius 1 is 1.11 bits per heavy atom. The molecule has 1 atom stereocenters. The molecule has 1 heterocycles. The summed E-state index contributed by atoms with van der Waals surface area (Å²) < 4.78 is 13.4. The molecule has 0 saturated carbocycles. The first kappa shape index (κ1) is 19.8. The number of benzene rings is 2. The van der Waals surface area contributed by atoms with E-state index in [2.05, 4.69) is 0 Å². The Balaban J connectivity index is 1.95. The summed E-state index contributed by atoms with van der Waals surface area (Å²) in [5.74, 6) is -1.61. The van der Waals surface area contributed by atoms with E-state index < -0.39 is 23.5 Å². The summed E-state index contributed by atoms with van der Waals surface area (Å²) >= 11 is 0. The largest absolute Gasteiger partial charge is 0.503 e. The Hall–Kier alpha value is -2.95. The lowest BCUT2D eigenvalue weighted by Gasteiger charge is -2.27. The lowest BCUT2D eigenvalue weighted by atomic mass is 9.92. The van der Waals surface area contributed by atoms with Gasteiger partial charge in [-0.05, 0) is 35.6 Å². The number of rotatable bonds is 7. The van der Waals surface area contributed by atoms with Crippen molar-refractivity contribution in [1.29, 1.82) is 0 Å². The van der Waals surface area contributed by atoms with E-state index in [-0.39, 0.29) is 23.7 Å². The number of aliphatic hydroxyl groups excluding tert-OH is 1. The van der Waals surface area contributed by atoms with Gasteiger partial charge in [-0.2, -0.15) is 0 Å². The summed E-state index contributed by atoms with van der Waals surface area (Å²) in [5, 5.41) is 10.5. The van der Waals surface area contributed by atoms with Gasteiger partial charge in [-0.15, -0.1) is 0 Å². The molecule has 0 aliphatic carbocycles. The van der Waals surface area contributed by atoms with Crippen LogP contribution in [0.15, 0.2) is 65.9 Å². The molecule has 1 N–H and O–H groups in total. The van der Waals surface area contributed by atoms with Gasteiger partial charge in [-0.1, -0.05) is 56.3 Å². The predicted molar refractivity (Wildman–Crippen MR) is 105 cm³/mol. The smallest absolute Gasteiger partial charge is 0.290 e. The third-order valence-electron chi connectivity index (χ3n) is 4.87. The van der Waals surface area contributed by atoms with Crippen molar-refractivity contribution in [3.8, 4) is 0 Å². The maximum atomic E-state index is 13.4. The van der Waals surface area contributed by atoms with Crippen molar-refractivity contribution >= 4 is 11.7 Å². The SMILES string of the molecule is CC(C)CC(=O)C1=C(O)C(=O)N(CCc2ccccc2)C1c1ccc(F)cc1. The van der Waals surface area contributed by atoms with Gasteiger partial charge in [-0.3, -0.25) is 9.59 Å². The van der Waals surface area contributed by atoms with Crippen LogP contribution in [0.1, 0.15) is 37.4 Å². The molecule has 0 radical (unpaired) electrons. The van der Waals surface area contributed by atoms with Crippen LogP contribution in [0.5, 0.6) is 0 Å². The van der Waals surface area contributed by atoms with Crippen LogP contribution in [0.4, 0.5) is 4.39 Å². The van der Waals surface area contributed by atoms with Crippen molar-refractivity contribution in [3.05, 3.63) is 82.9 Å². The van der Waals surface area contributed by atoms with E-state index in [1.165, 1.54) is 17.0 Å². The fourth-order valence-electron chi connectivity index (χ4n) is 3.54. The van der Waals surface area contributed by atoms with Gasteiger partial charge < -0.3 is 10.0 Å². The molecule has 28 heavy (non-hydrogen) atoms. The second-order valence-corrected chi connectivity index (χ2v) is 7.47.